The van der Waals surface area contributed by atoms with Crippen LogP contribution < -0.4 is 5.32 Å². The minimum Gasteiger partial charge on any atom is -0.380 e. The van der Waals surface area contributed by atoms with Gasteiger partial charge in [-0.2, -0.15) is 4.37 Å². The van der Waals surface area contributed by atoms with E-state index in [0.717, 1.165) is 25.3 Å². The van der Waals surface area contributed by atoms with Gasteiger partial charge in [0.25, 0.3) is 0 Å². The van der Waals surface area contributed by atoms with Crippen LogP contribution in [0, 0.1) is 5.41 Å². The fourth-order valence-electron chi connectivity index (χ4n) is 1.94. The third kappa shape index (κ3) is 3.30. The molecule has 1 aliphatic heterocycles. The van der Waals surface area contributed by atoms with E-state index in [1.165, 1.54) is 11.5 Å². The number of anilines is 1. The molecule has 1 unspecified atom stereocenters. The second-order valence-electron chi connectivity index (χ2n) is 6.34. The molecule has 1 atom stereocenters. The number of rotatable bonds is 2. The van der Waals surface area contributed by atoms with Crippen molar-refractivity contribution in [1.29, 1.82) is 0 Å². The Morgan fingerprint density at radius 3 is 2.74 bits per heavy atom. The highest BCUT2D eigenvalue weighted by Crippen LogP contribution is 2.30. The normalized spacial score (nSPS) is 24.2. The van der Waals surface area contributed by atoms with E-state index in [2.05, 4.69) is 35.4 Å². The van der Waals surface area contributed by atoms with Crippen LogP contribution in [0.1, 0.15) is 46.4 Å². The molecule has 1 aromatic heterocycles. The minimum atomic E-state index is -0.453. The molecular formula is C13H21N3O2S. The van der Waals surface area contributed by atoms with Crippen molar-refractivity contribution in [2.24, 2.45) is 5.41 Å². The van der Waals surface area contributed by atoms with Crippen molar-refractivity contribution < 1.29 is 9.53 Å². The van der Waals surface area contributed by atoms with Crippen molar-refractivity contribution in [1.82, 2.24) is 9.36 Å². The Labute approximate surface area is 117 Å². The molecule has 2 heterocycles. The van der Waals surface area contributed by atoms with Crippen molar-refractivity contribution in [2.75, 3.05) is 18.5 Å². The smallest absolute Gasteiger partial charge is 0.234 e. The summed E-state index contributed by atoms with van der Waals surface area (Å²) in [5.74, 6) is 0.738. The van der Waals surface area contributed by atoms with Crippen LogP contribution in [0.4, 0.5) is 5.13 Å². The first kappa shape index (κ1) is 14.4. The van der Waals surface area contributed by atoms with E-state index in [-0.39, 0.29) is 11.3 Å². The molecule has 106 valence electrons. The molecule has 0 bridgehead atoms. The van der Waals surface area contributed by atoms with Gasteiger partial charge in [-0.05, 0) is 19.8 Å². The Balaban J connectivity index is 2.04. The molecule has 1 aliphatic rings. The average Bonchev–Trinajstić information content (AvgIpc) is 2.78. The summed E-state index contributed by atoms with van der Waals surface area (Å²) in [7, 11) is 0. The molecule has 5 nitrogen and oxygen atoms in total. The summed E-state index contributed by atoms with van der Waals surface area (Å²) in [5.41, 5.74) is -0.552. The molecule has 2 rings (SSSR count). The highest BCUT2D eigenvalue weighted by atomic mass is 32.1. The zero-order valence-electron chi connectivity index (χ0n) is 11.9. The number of hydrogen-bond donors (Lipinski definition) is 1. The van der Waals surface area contributed by atoms with Gasteiger partial charge in [0.2, 0.25) is 11.0 Å². The number of amides is 1. The summed E-state index contributed by atoms with van der Waals surface area (Å²) < 4.78 is 9.70. The zero-order valence-corrected chi connectivity index (χ0v) is 12.8. The van der Waals surface area contributed by atoms with Crippen LogP contribution in [0.15, 0.2) is 0 Å². The molecule has 0 saturated carbocycles. The summed E-state index contributed by atoms with van der Waals surface area (Å²) in [6, 6.07) is 0. The van der Waals surface area contributed by atoms with Gasteiger partial charge in [0.1, 0.15) is 5.82 Å². The summed E-state index contributed by atoms with van der Waals surface area (Å²) in [5, 5.41) is 3.44. The fraction of sp³-hybridized carbons (Fsp3) is 0.769. The molecule has 0 spiro atoms. The highest BCUT2D eigenvalue weighted by molar-refractivity contribution is 7.09. The number of carbonyl (C=O) groups excluding carboxylic acids is 1. The van der Waals surface area contributed by atoms with Crippen molar-refractivity contribution in [3.05, 3.63) is 5.82 Å². The Morgan fingerprint density at radius 1 is 1.47 bits per heavy atom. The number of nitrogens with one attached hydrogen (secondary N) is 1. The van der Waals surface area contributed by atoms with Crippen molar-refractivity contribution >= 4 is 22.6 Å². The lowest BCUT2D eigenvalue weighted by molar-refractivity contribution is -0.131. The molecule has 1 fully saturated rings. The maximum absolute atomic E-state index is 12.3. The molecule has 6 heteroatoms. The average molecular weight is 283 g/mol. The number of ether oxygens (including phenoxy) is 1. The van der Waals surface area contributed by atoms with Crippen LogP contribution in [-0.2, 0) is 14.9 Å². The lowest BCUT2D eigenvalue weighted by Crippen LogP contribution is -2.40. The Kier molecular flexibility index (Phi) is 3.92. The number of carbonyl (C=O) groups is 1. The van der Waals surface area contributed by atoms with Gasteiger partial charge < -0.3 is 10.1 Å². The SMILES string of the molecule is CC1(C(=O)Nc2nc(C(C)(C)C)ns2)CCCOC1. The van der Waals surface area contributed by atoms with E-state index in [0.29, 0.717) is 11.7 Å². The summed E-state index contributed by atoms with van der Waals surface area (Å²) >= 11 is 1.23. The van der Waals surface area contributed by atoms with Crippen LogP contribution in [0.2, 0.25) is 0 Å². The molecule has 1 N–H and O–H groups in total. The van der Waals surface area contributed by atoms with Crippen molar-refractivity contribution in [3.63, 3.8) is 0 Å². The zero-order chi connectivity index (χ0) is 14.1. The molecule has 0 aliphatic carbocycles. The van der Waals surface area contributed by atoms with Gasteiger partial charge in [-0.15, -0.1) is 0 Å². The van der Waals surface area contributed by atoms with Crippen LogP contribution in [-0.4, -0.2) is 28.5 Å². The Morgan fingerprint density at radius 2 is 2.21 bits per heavy atom. The second kappa shape index (κ2) is 5.17. The van der Waals surface area contributed by atoms with Crippen LogP contribution in [0.5, 0.6) is 0 Å². The monoisotopic (exact) mass is 283 g/mol. The third-order valence-electron chi connectivity index (χ3n) is 3.30. The molecule has 1 amide bonds. The van der Waals surface area contributed by atoms with Gasteiger partial charge in [-0.3, -0.25) is 4.79 Å². The number of nitrogens with zero attached hydrogens (tertiary/aromatic N) is 2. The van der Waals surface area contributed by atoms with E-state index in [9.17, 15) is 4.79 Å². The molecule has 19 heavy (non-hydrogen) atoms. The highest BCUT2D eigenvalue weighted by Gasteiger charge is 2.36. The first-order valence-corrected chi connectivity index (χ1v) is 7.32. The fourth-order valence-corrected chi connectivity index (χ4v) is 2.69. The molecule has 0 aromatic carbocycles. The van der Waals surface area contributed by atoms with Crippen molar-refractivity contribution in [2.45, 2.75) is 46.0 Å². The van der Waals surface area contributed by atoms with Crippen LogP contribution in [0.3, 0.4) is 0 Å². The van der Waals surface area contributed by atoms with Gasteiger partial charge in [-0.1, -0.05) is 20.8 Å². The van der Waals surface area contributed by atoms with Gasteiger partial charge in [0, 0.05) is 23.6 Å². The summed E-state index contributed by atoms with van der Waals surface area (Å²) in [6.07, 6.45) is 1.77. The first-order valence-electron chi connectivity index (χ1n) is 6.55. The van der Waals surface area contributed by atoms with Crippen LogP contribution >= 0.6 is 11.5 Å². The number of aromatic nitrogens is 2. The second-order valence-corrected chi connectivity index (χ2v) is 7.10. The van der Waals surface area contributed by atoms with Crippen molar-refractivity contribution in [3.8, 4) is 0 Å². The van der Waals surface area contributed by atoms with E-state index in [1.54, 1.807) is 0 Å². The minimum absolute atomic E-state index is 0.0243. The van der Waals surface area contributed by atoms with Gasteiger partial charge in [-0.25, -0.2) is 4.98 Å². The Bertz CT molecular complexity index is 459. The third-order valence-corrected chi connectivity index (χ3v) is 3.93. The maximum Gasteiger partial charge on any atom is 0.234 e. The summed E-state index contributed by atoms with van der Waals surface area (Å²) in [6.45, 7) is 9.32. The molecule has 1 aromatic rings. The largest absolute Gasteiger partial charge is 0.380 e. The summed E-state index contributed by atoms with van der Waals surface area (Å²) in [4.78, 5) is 16.7. The van der Waals surface area contributed by atoms with E-state index in [4.69, 9.17) is 4.74 Å². The quantitative estimate of drug-likeness (QED) is 0.906. The predicted molar refractivity (Wildman–Crippen MR) is 75.4 cm³/mol. The first-order chi connectivity index (χ1) is 8.81. The van der Waals surface area contributed by atoms with Gasteiger partial charge in [0.15, 0.2) is 0 Å². The molecule has 1 saturated heterocycles. The molecule has 0 radical (unpaired) electrons. The lowest BCUT2D eigenvalue weighted by atomic mass is 9.84. The predicted octanol–water partition coefficient (Wildman–Crippen LogP) is 2.59. The van der Waals surface area contributed by atoms with E-state index >= 15 is 0 Å². The Hall–Kier alpha value is -1.01. The lowest BCUT2D eigenvalue weighted by Gasteiger charge is -2.31. The topological polar surface area (TPSA) is 64.1 Å². The van der Waals surface area contributed by atoms with E-state index < -0.39 is 5.41 Å². The van der Waals surface area contributed by atoms with Gasteiger partial charge in [0.05, 0.1) is 12.0 Å². The molecular weight excluding hydrogens is 262 g/mol. The van der Waals surface area contributed by atoms with E-state index in [1.807, 2.05) is 6.92 Å². The van der Waals surface area contributed by atoms with Crippen LogP contribution in [0.25, 0.3) is 0 Å². The van der Waals surface area contributed by atoms with Gasteiger partial charge >= 0.3 is 0 Å². The number of hydrogen-bond acceptors (Lipinski definition) is 5. The standard InChI is InChI=1S/C13H21N3O2S/c1-12(2,3)9-14-11(19-16-9)15-10(17)13(4)6-5-7-18-8-13/h5-8H2,1-4H3,(H,14,15,16,17). The maximum atomic E-state index is 12.3.